The summed E-state index contributed by atoms with van der Waals surface area (Å²) in [5.41, 5.74) is 0.921. The van der Waals surface area contributed by atoms with Crippen LogP contribution in [0.4, 0.5) is 0 Å². The van der Waals surface area contributed by atoms with E-state index in [-0.39, 0.29) is 6.61 Å². The molecule has 3 rings (SSSR count). The topological polar surface area (TPSA) is 49.8 Å². The molecule has 2 aliphatic rings. The van der Waals surface area contributed by atoms with E-state index in [2.05, 4.69) is 4.90 Å². The number of carbonyl (C=O) groups is 1. The Morgan fingerprint density at radius 2 is 1.85 bits per heavy atom. The first-order valence-corrected chi connectivity index (χ1v) is 7.40. The third kappa shape index (κ3) is 2.13. The van der Waals surface area contributed by atoms with Crippen molar-refractivity contribution < 1.29 is 14.6 Å². The summed E-state index contributed by atoms with van der Waals surface area (Å²) in [5.74, 6) is -0.786. The number of carboxylic acid groups (broad SMARTS) is 1. The summed E-state index contributed by atoms with van der Waals surface area (Å²) in [4.78, 5) is 14.3. The maximum absolute atomic E-state index is 12.1. The second kappa shape index (κ2) is 5.54. The number of nitrogens with zero attached hydrogens (tertiary/aromatic N) is 1. The molecule has 1 atom stereocenters. The van der Waals surface area contributed by atoms with Gasteiger partial charge in [-0.15, -0.1) is 0 Å². The molecule has 0 radical (unpaired) electrons. The fourth-order valence-electron chi connectivity index (χ4n) is 3.46. The highest BCUT2D eigenvalue weighted by molar-refractivity contribution is 5.82. The van der Waals surface area contributed by atoms with Crippen molar-refractivity contribution in [2.45, 2.75) is 37.8 Å². The van der Waals surface area contributed by atoms with Crippen LogP contribution in [-0.2, 0) is 21.7 Å². The third-order valence-electron chi connectivity index (χ3n) is 4.53. The average Bonchev–Trinajstić information content (AvgIpc) is 2.75. The second-order valence-corrected chi connectivity index (χ2v) is 5.72. The lowest BCUT2D eigenvalue weighted by molar-refractivity contribution is -0.160. The quantitative estimate of drug-likeness (QED) is 0.900. The van der Waals surface area contributed by atoms with Gasteiger partial charge in [0.25, 0.3) is 0 Å². The van der Waals surface area contributed by atoms with Crippen molar-refractivity contribution in [2.24, 2.45) is 0 Å². The summed E-state index contributed by atoms with van der Waals surface area (Å²) in [6, 6.07) is 7.81. The van der Waals surface area contributed by atoms with Crippen LogP contribution in [0, 0.1) is 0 Å². The van der Waals surface area contributed by atoms with Gasteiger partial charge in [0.1, 0.15) is 0 Å². The smallest absolute Gasteiger partial charge is 0.331 e. The highest BCUT2D eigenvalue weighted by Crippen LogP contribution is 2.37. The Balaban J connectivity index is 2.06. The van der Waals surface area contributed by atoms with Crippen LogP contribution in [0.3, 0.4) is 0 Å². The molecule has 4 nitrogen and oxygen atoms in total. The van der Waals surface area contributed by atoms with E-state index in [9.17, 15) is 9.90 Å². The lowest BCUT2D eigenvalue weighted by atomic mass is 9.83. The van der Waals surface area contributed by atoms with Gasteiger partial charge in [0.2, 0.25) is 0 Å². The van der Waals surface area contributed by atoms with Crippen molar-refractivity contribution in [3.63, 3.8) is 0 Å². The summed E-state index contributed by atoms with van der Waals surface area (Å²) in [7, 11) is 0. The third-order valence-corrected chi connectivity index (χ3v) is 4.53. The lowest BCUT2D eigenvalue weighted by Gasteiger charge is -2.43. The molecule has 0 aromatic heterocycles. The van der Waals surface area contributed by atoms with Gasteiger partial charge in [-0.1, -0.05) is 37.1 Å². The predicted octanol–water partition coefficient (Wildman–Crippen LogP) is 2.37. The molecule has 0 bridgehead atoms. The Labute approximate surface area is 119 Å². The molecule has 0 spiro atoms. The standard InChI is InChI=1S/C16H21NO3/c18-15(19)16(17-9-5-1-2-6-10-17)12-20-11-13-7-3-4-8-14(13)16/h3-4,7-8H,1-2,5-6,9-12H2,(H,18,19). The molecule has 0 aliphatic carbocycles. The molecule has 20 heavy (non-hydrogen) atoms. The fourth-order valence-corrected chi connectivity index (χ4v) is 3.46. The zero-order chi connectivity index (χ0) is 14.0. The first-order valence-electron chi connectivity index (χ1n) is 7.40. The lowest BCUT2D eigenvalue weighted by Crippen LogP contribution is -2.57. The number of aliphatic carboxylic acids is 1. The Hall–Kier alpha value is -1.39. The van der Waals surface area contributed by atoms with Gasteiger partial charge in [-0.3, -0.25) is 4.90 Å². The SMILES string of the molecule is O=C(O)C1(N2CCCCCC2)COCc2ccccc21. The zero-order valence-electron chi connectivity index (χ0n) is 11.7. The number of carboxylic acids is 1. The Bertz CT molecular complexity index is 494. The van der Waals surface area contributed by atoms with E-state index >= 15 is 0 Å². The number of ether oxygens (including phenoxy) is 1. The van der Waals surface area contributed by atoms with Crippen LogP contribution < -0.4 is 0 Å². The molecular weight excluding hydrogens is 254 g/mol. The van der Waals surface area contributed by atoms with Gasteiger partial charge in [0, 0.05) is 0 Å². The number of rotatable bonds is 2. The molecule has 1 fully saturated rings. The molecule has 1 unspecified atom stereocenters. The van der Waals surface area contributed by atoms with E-state index in [1.165, 1.54) is 12.8 Å². The first kappa shape index (κ1) is 13.6. The largest absolute Gasteiger partial charge is 0.480 e. The van der Waals surface area contributed by atoms with Crippen LogP contribution in [0.2, 0.25) is 0 Å². The van der Waals surface area contributed by atoms with Crippen LogP contribution in [0.15, 0.2) is 24.3 Å². The number of hydrogen-bond acceptors (Lipinski definition) is 3. The second-order valence-electron chi connectivity index (χ2n) is 5.72. The Morgan fingerprint density at radius 1 is 1.15 bits per heavy atom. The molecule has 0 saturated carbocycles. The fraction of sp³-hybridized carbons (Fsp3) is 0.562. The van der Waals surface area contributed by atoms with E-state index in [4.69, 9.17) is 4.74 Å². The van der Waals surface area contributed by atoms with Crippen LogP contribution in [-0.4, -0.2) is 35.7 Å². The average molecular weight is 275 g/mol. The number of hydrogen-bond donors (Lipinski definition) is 1. The number of likely N-dealkylation sites (tertiary alicyclic amines) is 1. The van der Waals surface area contributed by atoms with Crippen molar-refractivity contribution in [1.82, 2.24) is 4.90 Å². The maximum atomic E-state index is 12.1. The van der Waals surface area contributed by atoms with E-state index < -0.39 is 11.5 Å². The minimum atomic E-state index is -1.00. The molecule has 2 heterocycles. The van der Waals surface area contributed by atoms with Crippen molar-refractivity contribution in [1.29, 1.82) is 0 Å². The van der Waals surface area contributed by atoms with E-state index in [1.54, 1.807) is 0 Å². The first-order chi connectivity index (χ1) is 9.75. The van der Waals surface area contributed by atoms with E-state index in [0.29, 0.717) is 6.61 Å². The molecule has 2 aliphatic heterocycles. The number of benzene rings is 1. The highest BCUT2D eigenvalue weighted by atomic mass is 16.5. The zero-order valence-corrected chi connectivity index (χ0v) is 11.7. The minimum Gasteiger partial charge on any atom is -0.480 e. The highest BCUT2D eigenvalue weighted by Gasteiger charge is 2.49. The van der Waals surface area contributed by atoms with Gasteiger partial charge >= 0.3 is 5.97 Å². The van der Waals surface area contributed by atoms with Crippen LogP contribution in [0.25, 0.3) is 0 Å². The van der Waals surface area contributed by atoms with Crippen LogP contribution in [0.5, 0.6) is 0 Å². The maximum Gasteiger partial charge on any atom is 0.331 e. The Morgan fingerprint density at radius 3 is 2.55 bits per heavy atom. The normalized spacial score (nSPS) is 27.6. The van der Waals surface area contributed by atoms with Crippen LogP contribution in [0.1, 0.15) is 36.8 Å². The van der Waals surface area contributed by atoms with Gasteiger partial charge in [0.05, 0.1) is 13.2 Å². The molecule has 1 aromatic rings. The summed E-state index contributed by atoms with van der Waals surface area (Å²) < 4.78 is 5.64. The van der Waals surface area contributed by atoms with Gasteiger partial charge in [0.15, 0.2) is 5.54 Å². The van der Waals surface area contributed by atoms with Gasteiger partial charge in [-0.2, -0.15) is 0 Å². The molecule has 1 N–H and O–H groups in total. The number of fused-ring (bicyclic) bond motifs is 1. The molecule has 0 amide bonds. The minimum absolute atomic E-state index is 0.249. The van der Waals surface area contributed by atoms with Crippen molar-refractivity contribution in [2.75, 3.05) is 19.7 Å². The van der Waals surface area contributed by atoms with Crippen molar-refractivity contribution in [3.8, 4) is 0 Å². The van der Waals surface area contributed by atoms with Crippen molar-refractivity contribution in [3.05, 3.63) is 35.4 Å². The van der Waals surface area contributed by atoms with E-state index in [0.717, 1.165) is 37.1 Å². The van der Waals surface area contributed by atoms with Gasteiger partial charge in [-0.25, -0.2) is 4.79 Å². The molecule has 1 aromatic carbocycles. The summed E-state index contributed by atoms with van der Waals surface area (Å²) in [6.45, 7) is 2.44. The van der Waals surface area contributed by atoms with Gasteiger partial charge in [-0.05, 0) is 37.1 Å². The van der Waals surface area contributed by atoms with Gasteiger partial charge < -0.3 is 9.84 Å². The predicted molar refractivity (Wildman–Crippen MR) is 75.5 cm³/mol. The molecule has 4 heteroatoms. The molecule has 1 saturated heterocycles. The monoisotopic (exact) mass is 275 g/mol. The van der Waals surface area contributed by atoms with Crippen molar-refractivity contribution >= 4 is 5.97 Å². The molecular formula is C16H21NO3. The molecule has 108 valence electrons. The summed E-state index contributed by atoms with van der Waals surface area (Å²) >= 11 is 0. The summed E-state index contributed by atoms with van der Waals surface area (Å²) in [6.07, 6.45) is 4.51. The van der Waals surface area contributed by atoms with Crippen LogP contribution >= 0.6 is 0 Å². The van der Waals surface area contributed by atoms with E-state index in [1.807, 2.05) is 24.3 Å². The Kier molecular flexibility index (Phi) is 3.76. The summed E-state index contributed by atoms with van der Waals surface area (Å²) in [5, 5.41) is 9.96.